The fourth-order valence-corrected chi connectivity index (χ4v) is 2.98. The number of carbonyl (C=O) groups is 1. The summed E-state index contributed by atoms with van der Waals surface area (Å²) >= 11 is 0. The number of aromatic nitrogens is 2. The second-order valence-electron chi connectivity index (χ2n) is 6.30. The van der Waals surface area contributed by atoms with Gasteiger partial charge >= 0.3 is 6.61 Å². The number of alkyl halides is 2. The van der Waals surface area contributed by atoms with E-state index in [1.54, 1.807) is 42.5 Å². The molecule has 144 valence electrons. The van der Waals surface area contributed by atoms with E-state index in [4.69, 9.17) is 0 Å². The highest BCUT2D eigenvalue weighted by atomic mass is 19.3. The summed E-state index contributed by atoms with van der Waals surface area (Å²) < 4.78 is 29.1. The monoisotopic (exact) mass is 390 g/mol. The van der Waals surface area contributed by atoms with Gasteiger partial charge in [-0.1, -0.05) is 54.6 Å². The number of imidazole rings is 1. The molecule has 1 N–H and O–H groups in total. The van der Waals surface area contributed by atoms with E-state index in [1.165, 1.54) is 12.1 Å². The number of hydrogen-bond donors (Lipinski definition) is 1. The average molecular weight is 390 g/mol. The highest BCUT2D eigenvalue weighted by molar-refractivity contribution is 6.31. The minimum absolute atomic E-state index is 0.0526. The predicted molar refractivity (Wildman–Crippen MR) is 108 cm³/mol. The summed E-state index contributed by atoms with van der Waals surface area (Å²) in [5, 5.41) is 0. The number of fused-ring (bicyclic) bond motifs is 1. The molecule has 6 heteroatoms. The molecule has 0 bridgehead atoms. The Bertz CT molecular complexity index is 1130. The number of ketones is 1. The summed E-state index contributed by atoms with van der Waals surface area (Å²) in [4.78, 5) is 20.9. The van der Waals surface area contributed by atoms with E-state index in [0.717, 1.165) is 11.0 Å². The molecular formula is C23H16F2N2O2. The molecular weight excluding hydrogens is 374 g/mol. The summed E-state index contributed by atoms with van der Waals surface area (Å²) in [5.41, 5.74) is 3.11. The third-order valence-corrected chi connectivity index (χ3v) is 4.34. The Morgan fingerprint density at radius 3 is 2.31 bits per heavy atom. The molecule has 0 amide bonds. The topological polar surface area (TPSA) is 55.0 Å². The van der Waals surface area contributed by atoms with Crippen LogP contribution in [-0.2, 0) is 0 Å². The zero-order valence-electron chi connectivity index (χ0n) is 15.2. The van der Waals surface area contributed by atoms with E-state index in [-0.39, 0.29) is 11.5 Å². The number of aromatic amines is 1. The molecule has 0 unspecified atom stereocenters. The van der Waals surface area contributed by atoms with Gasteiger partial charge in [0, 0.05) is 5.56 Å². The second-order valence-corrected chi connectivity index (χ2v) is 6.30. The van der Waals surface area contributed by atoms with Crippen molar-refractivity contribution in [2.45, 2.75) is 6.61 Å². The first-order chi connectivity index (χ1) is 14.1. The summed E-state index contributed by atoms with van der Waals surface area (Å²) in [6.45, 7) is -2.89. The van der Waals surface area contributed by atoms with Crippen molar-refractivity contribution >= 4 is 28.5 Å². The third-order valence-electron chi connectivity index (χ3n) is 4.34. The van der Waals surface area contributed by atoms with Gasteiger partial charge in [-0.15, -0.1) is 0 Å². The molecule has 4 aromatic rings. The Morgan fingerprint density at radius 1 is 0.931 bits per heavy atom. The number of nitrogens with zero attached hydrogens (tertiary/aromatic N) is 1. The van der Waals surface area contributed by atoms with Gasteiger partial charge in [0.05, 0.1) is 16.6 Å². The Labute approximate surface area is 165 Å². The maximum atomic E-state index is 13.2. The molecule has 0 spiro atoms. The van der Waals surface area contributed by atoms with Crippen molar-refractivity contribution in [1.82, 2.24) is 9.97 Å². The van der Waals surface area contributed by atoms with Crippen molar-refractivity contribution in [3.63, 3.8) is 0 Å². The number of ether oxygens (including phenoxy) is 1. The number of H-pyrrole nitrogens is 1. The Hall–Kier alpha value is -3.80. The molecule has 4 nitrogen and oxygen atoms in total. The van der Waals surface area contributed by atoms with Crippen LogP contribution in [0, 0.1) is 0 Å². The Morgan fingerprint density at radius 2 is 1.62 bits per heavy atom. The standard InChI is InChI=1S/C23H16F2N2O2/c24-23(25)29-17-12-10-15(11-13-17)14-18(21(28)16-6-2-1-3-7-16)22-26-19-8-4-5-9-20(19)27-22/h1-14,23H,(H,26,27). The van der Waals surface area contributed by atoms with Crippen LogP contribution in [0.25, 0.3) is 22.7 Å². The minimum Gasteiger partial charge on any atom is -0.435 e. The lowest BCUT2D eigenvalue weighted by Crippen LogP contribution is -2.04. The maximum Gasteiger partial charge on any atom is 0.387 e. The van der Waals surface area contributed by atoms with Crippen molar-refractivity contribution in [2.75, 3.05) is 0 Å². The van der Waals surface area contributed by atoms with Gasteiger partial charge in [-0.05, 0) is 35.9 Å². The molecule has 1 heterocycles. The lowest BCUT2D eigenvalue weighted by molar-refractivity contribution is -0.0498. The quantitative estimate of drug-likeness (QED) is 0.345. The van der Waals surface area contributed by atoms with Crippen molar-refractivity contribution in [1.29, 1.82) is 0 Å². The van der Waals surface area contributed by atoms with Crippen LogP contribution in [0.1, 0.15) is 21.7 Å². The van der Waals surface area contributed by atoms with Crippen LogP contribution in [0.15, 0.2) is 78.9 Å². The second kappa shape index (κ2) is 8.06. The highest BCUT2D eigenvalue weighted by Gasteiger charge is 2.18. The lowest BCUT2D eigenvalue weighted by Gasteiger charge is -2.06. The van der Waals surface area contributed by atoms with Crippen LogP contribution < -0.4 is 4.74 Å². The highest BCUT2D eigenvalue weighted by Crippen LogP contribution is 2.24. The van der Waals surface area contributed by atoms with E-state index in [9.17, 15) is 13.6 Å². The number of benzene rings is 3. The van der Waals surface area contributed by atoms with Crippen LogP contribution in [0.5, 0.6) is 5.75 Å². The molecule has 0 radical (unpaired) electrons. The van der Waals surface area contributed by atoms with E-state index in [2.05, 4.69) is 14.7 Å². The molecule has 29 heavy (non-hydrogen) atoms. The Balaban J connectivity index is 1.77. The number of rotatable bonds is 6. The number of allylic oxidation sites excluding steroid dienone is 1. The van der Waals surface area contributed by atoms with Crippen molar-refractivity contribution in [3.05, 3.63) is 95.8 Å². The summed E-state index contributed by atoms with van der Waals surface area (Å²) in [6.07, 6.45) is 1.68. The van der Waals surface area contributed by atoms with Crippen molar-refractivity contribution in [3.8, 4) is 5.75 Å². The fraction of sp³-hybridized carbons (Fsp3) is 0.0435. The van der Waals surface area contributed by atoms with Gasteiger partial charge < -0.3 is 9.72 Å². The van der Waals surface area contributed by atoms with Gasteiger partial charge in [0.15, 0.2) is 5.78 Å². The molecule has 4 rings (SSSR count). The van der Waals surface area contributed by atoms with E-state index >= 15 is 0 Å². The third kappa shape index (κ3) is 4.21. The van der Waals surface area contributed by atoms with E-state index < -0.39 is 6.61 Å². The van der Waals surface area contributed by atoms with Gasteiger partial charge in [-0.3, -0.25) is 4.79 Å². The molecule has 0 aliphatic rings. The van der Waals surface area contributed by atoms with Crippen LogP contribution in [0.4, 0.5) is 8.78 Å². The van der Waals surface area contributed by atoms with E-state index in [1.807, 2.05) is 30.3 Å². The van der Waals surface area contributed by atoms with Gasteiger partial charge in [0.1, 0.15) is 11.6 Å². The summed E-state index contributed by atoms with van der Waals surface area (Å²) in [6, 6.07) is 22.5. The number of hydrogen-bond acceptors (Lipinski definition) is 3. The Kier molecular flexibility index (Phi) is 5.16. The lowest BCUT2D eigenvalue weighted by atomic mass is 10.0. The normalized spacial score (nSPS) is 11.8. The molecule has 0 aliphatic carbocycles. The molecule has 0 fully saturated rings. The van der Waals surface area contributed by atoms with Gasteiger partial charge in [0.2, 0.25) is 0 Å². The van der Waals surface area contributed by atoms with Crippen LogP contribution in [0.2, 0.25) is 0 Å². The first-order valence-electron chi connectivity index (χ1n) is 8.91. The first-order valence-corrected chi connectivity index (χ1v) is 8.91. The smallest absolute Gasteiger partial charge is 0.387 e. The number of para-hydroxylation sites is 2. The SMILES string of the molecule is O=C(C(=Cc1ccc(OC(F)F)cc1)c1nc2ccccc2[nH]1)c1ccccc1. The molecule has 0 saturated carbocycles. The number of Topliss-reactive ketones (excluding diaryl/α,β-unsaturated/α-hetero) is 1. The number of carbonyl (C=O) groups excluding carboxylic acids is 1. The van der Waals surface area contributed by atoms with Crippen LogP contribution in [-0.4, -0.2) is 22.4 Å². The van der Waals surface area contributed by atoms with Crippen molar-refractivity contribution < 1.29 is 18.3 Å². The molecule has 0 saturated heterocycles. The largest absolute Gasteiger partial charge is 0.435 e. The zero-order chi connectivity index (χ0) is 20.2. The number of nitrogens with one attached hydrogen (secondary N) is 1. The zero-order valence-corrected chi connectivity index (χ0v) is 15.2. The van der Waals surface area contributed by atoms with Crippen molar-refractivity contribution in [2.24, 2.45) is 0 Å². The average Bonchev–Trinajstić information content (AvgIpc) is 3.17. The summed E-state index contributed by atoms with van der Waals surface area (Å²) in [7, 11) is 0. The molecule has 0 atom stereocenters. The van der Waals surface area contributed by atoms with E-state index in [0.29, 0.717) is 22.5 Å². The molecule has 0 aliphatic heterocycles. The number of halogens is 2. The van der Waals surface area contributed by atoms with Gasteiger partial charge in [-0.2, -0.15) is 8.78 Å². The van der Waals surface area contributed by atoms with Gasteiger partial charge in [0.25, 0.3) is 0 Å². The van der Waals surface area contributed by atoms with Gasteiger partial charge in [-0.25, -0.2) is 4.98 Å². The maximum absolute atomic E-state index is 13.2. The van der Waals surface area contributed by atoms with Crippen LogP contribution in [0.3, 0.4) is 0 Å². The fourth-order valence-electron chi connectivity index (χ4n) is 2.98. The molecule has 3 aromatic carbocycles. The predicted octanol–water partition coefficient (Wildman–Crippen LogP) is 5.59. The van der Waals surface area contributed by atoms with Crippen LogP contribution >= 0.6 is 0 Å². The summed E-state index contributed by atoms with van der Waals surface area (Å²) in [5.74, 6) is 0.294. The first kappa shape index (κ1) is 18.6. The minimum atomic E-state index is -2.89. The molecule has 1 aromatic heterocycles.